The molecule has 1 amide bonds. The van der Waals surface area contributed by atoms with Crippen LogP contribution in [0.3, 0.4) is 0 Å². The lowest BCUT2D eigenvalue weighted by Crippen LogP contribution is -2.25. The van der Waals surface area contributed by atoms with E-state index in [4.69, 9.17) is 18.0 Å². The molecule has 1 fully saturated rings. The van der Waals surface area contributed by atoms with Gasteiger partial charge in [-0.3, -0.25) is 4.79 Å². The molecule has 1 atom stereocenters. The number of hydrogen-bond donors (Lipinski definition) is 1. The van der Waals surface area contributed by atoms with Crippen molar-refractivity contribution < 1.29 is 4.79 Å². The Bertz CT molecular complexity index is 527. The molecule has 0 aliphatic carbocycles. The fourth-order valence-electron chi connectivity index (χ4n) is 2.84. The van der Waals surface area contributed by atoms with E-state index in [9.17, 15) is 4.79 Å². The average molecular weight is 290 g/mol. The summed E-state index contributed by atoms with van der Waals surface area (Å²) < 4.78 is 0. The predicted octanol–water partition coefficient (Wildman–Crippen LogP) is 2.78. The molecule has 0 aromatic heterocycles. The van der Waals surface area contributed by atoms with Crippen LogP contribution in [-0.4, -0.2) is 22.3 Å². The summed E-state index contributed by atoms with van der Waals surface area (Å²) in [6, 6.07) is 5.97. The van der Waals surface area contributed by atoms with Crippen LogP contribution in [0.1, 0.15) is 42.9 Å². The molecule has 1 aromatic rings. The maximum Gasteiger partial charge on any atom is 0.223 e. The number of likely N-dealkylation sites (tertiary alicyclic amines) is 1. The van der Waals surface area contributed by atoms with Gasteiger partial charge in [-0.1, -0.05) is 37.7 Å². The maximum absolute atomic E-state index is 12.0. The Balaban J connectivity index is 2.07. The Morgan fingerprint density at radius 3 is 2.85 bits per heavy atom. The van der Waals surface area contributed by atoms with Crippen LogP contribution >= 0.6 is 12.2 Å². The largest absolute Gasteiger partial charge is 0.389 e. The number of thiocarbonyl (C=S) groups is 1. The molecule has 20 heavy (non-hydrogen) atoms. The number of carbonyl (C=O) groups is 1. The third-order valence-electron chi connectivity index (χ3n) is 3.98. The smallest absolute Gasteiger partial charge is 0.223 e. The van der Waals surface area contributed by atoms with Crippen molar-refractivity contribution in [2.45, 2.75) is 39.7 Å². The van der Waals surface area contributed by atoms with Gasteiger partial charge >= 0.3 is 0 Å². The van der Waals surface area contributed by atoms with Crippen LogP contribution in [0.15, 0.2) is 18.2 Å². The molecule has 1 heterocycles. The van der Waals surface area contributed by atoms with E-state index >= 15 is 0 Å². The lowest BCUT2D eigenvalue weighted by atomic mass is 10.0. The second kappa shape index (κ2) is 6.35. The summed E-state index contributed by atoms with van der Waals surface area (Å²) in [7, 11) is 0. The molecule has 0 bridgehead atoms. The van der Waals surface area contributed by atoms with E-state index in [2.05, 4.69) is 6.92 Å². The zero-order valence-electron chi connectivity index (χ0n) is 12.2. The van der Waals surface area contributed by atoms with E-state index in [1.165, 1.54) is 5.56 Å². The van der Waals surface area contributed by atoms with Crippen LogP contribution in [0, 0.1) is 12.8 Å². The molecule has 2 N–H and O–H groups in total. The molecule has 0 radical (unpaired) electrons. The monoisotopic (exact) mass is 290 g/mol. The van der Waals surface area contributed by atoms with Crippen molar-refractivity contribution in [3.63, 3.8) is 0 Å². The van der Waals surface area contributed by atoms with Crippen molar-refractivity contribution >= 4 is 23.1 Å². The zero-order valence-corrected chi connectivity index (χ0v) is 13.0. The van der Waals surface area contributed by atoms with Gasteiger partial charge in [0.05, 0.1) is 0 Å². The maximum atomic E-state index is 12.0. The van der Waals surface area contributed by atoms with Crippen LogP contribution in [0.25, 0.3) is 0 Å². The van der Waals surface area contributed by atoms with E-state index < -0.39 is 0 Å². The fourth-order valence-corrected chi connectivity index (χ4v) is 2.97. The molecule has 1 saturated heterocycles. The third-order valence-corrected chi connectivity index (χ3v) is 4.22. The molecule has 3 nitrogen and oxygen atoms in total. The van der Waals surface area contributed by atoms with Crippen molar-refractivity contribution in [1.82, 2.24) is 4.90 Å². The minimum atomic E-state index is 0.279. The summed E-state index contributed by atoms with van der Waals surface area (Å²) >= 11 is 4.98. The fraction of sp³-hybridized carbons (Fsp3) is 0.500. The first-order valence-corrected chi connectivity index (χ1v) is 7.59. The molecular formula is C16H22N2OS. The standard InChI is InChI=1S/C16H22N2OS/c1-3-4-12-8-15(19)18(9-12)10-14-6-5-13(16(17)20)7-11(14)2/h5-7,12H,3-4,8-10H2,1-2H3,(H2,17,20). The molecule has 1 unspecified atom stereocenters. The van der Waals surface area contributed by atoms with Crippen molar-refractivity contribution in [2.75, 3.05) is 6.54 Å². The summed E-state index contributed by atoms with van der Waals surface area (Å²) in [5.41, 5.74) is 8.84. The summed E-state index contributed by atoms with van der Waals surface area (Å²) in [4.78, 5) is 14.4. The average Bonchev–Trinajstić information content (AvgIpc) is 2.72. The highest BCUT2D eigenvalue weighted by molar-refractivity contribution is 7.80. The van der Waals surface area contributed by atoms with Gasteiger partial charge in [-0.05, 0) is 36.5 Å². The van der Waals surface area contributed by atoms with Crippen molar-refractivity contribution in [1.29, 1.82) is 0 Å². The van der Waals surface area contributed by atoms with E-state index in [0.29, 0.717) is 23.9 Å². The number of benzene rings is 1. The van der Waals surface area contributed by atoms with Gasteiger partial charge in [0, 0.05) is 25.1 Å². The Kier molecular flexibility index (Phi) is 4.76. The summed E-state index contributed by atoms with van der Waals surface area (Å²) in [5, 5.41) is 0. The van der Waals surface area contributed by atoms with Gasteiger partial charge < -0.3 is 10.6 Å². The molecule has 1 aromatic carbocycles. The lowest BCUT2D eigenvalue weighted by Gasteiger charge is -2.18. The highest BCUT2D eigenvalue weighted by Crippen LogP contribution is 2.24. The summed E-state index contributed by atoms with van der Waals surface area (Å²) in [5.74, 6) is 0.810. The zero-order chi connectivity index (χ0) is 14.7. The van der Waals surface area contributed by atoms with Gasteiger partial charge in [0.25, 0.3) is 0 Å². The van der Waals surface area contributed by atoms with Crippen LogP contribution in [0.5, 0.6) is 0 Å². The van der Waals surface area contributed by atoms with Crippen molar-refractivity contribution in [3.05, 3.63) is 34.9 Å². The van der Waals surface area contributed by atoms with Crippen LogP contribution in [0.2, 0.25) is 0 Å². The van der Waals surface area contributed by atoms with Crippen LogP contribution in [-0.2, 0) is 11.3 Å². The highest BCUT2D eigenvalue weighted by Gasteiger charge is 2.28. The summed E-state index contributed by atoms with van der Waals surface area (Å²) in [6.07, 6.45) is 2.99. The van der Waals surface area contributed by atoms with Crippen LogP contribution < -0.4 is 5.73 Å². The number of nitrogens with two attached hydrogens (primary N) is 1. The first kappa shape index (κ1) is 15.0. The molecular weight excluding hydrogens is 268 g/mol. The number of aryl methyl sites for hydroxylation is 1. The second-order valence-corrected chi connectivity index (χ2v) is 6.08. The molecule has 2 rings (SSSR count). The van der Waals surface area contributed by atoms with Crippen LogP contribution in [0.4, 0.5) is 0 Å². The highest BCUT2D eigenvalue weighted by atomic mass is 32.1. The van der Waals surface area contributed by atoms with Gasteiger partial charge in [0.1, 0.15) is 4.99 Å². The minimum absolute atomic E-state index is 0.279. The molecule has 1 aliphatic rings. The normalized spacial score (nSPS) is 18.6. The quantitative estimate of drug-likeness (QED) is 0.848. The third kappa shape index (κ3) is 3.37. The van der Waals surface area contributed by atoms with Crippen molar-refractivity contribution in [2.24, 2.45) is 11.7 Å². The number of nitrogens with zero attached hydrogens (tertiary/aromatic N) is 1. The predicted molar refractivity (Wildman–Crippen MR) is 85.5 cm³/mol. The number of rotatable bonds is 5. The number of carbonyl (C=O) groups excluding carboxylic acids is 1. The Labute approximate surface area is 126 Å². The van der Waals surface area contributed by atoms with Gasteiger partial charge in [-0.15, -0.1) is 0 Å². The summed E-state index contributed by atoms with van der Waals surface area (Å²) in [6.45, 7) is 5.80. The van der Waals surface area contributed by atoms with Crippen molar-refractivity contribution in [3.8, 4) is 0 Å². The minimum Gasteiger partial charge on any atom is -0.389 e. The second-order valence-electron chi connectivity index (χ2n) is 5.64. The van der Waals surface area contributed by atoms with Gasteiger partial charge in [-0.2, -0.15) is 0 Å². The van der Waals surface area contributed by atoms with E-state index in [0.717, 1.165) is 30.5 Å². The molecule has 108 valence electrons. The molecule has 4 heteroatoms. The van der Waals surface area contributed by atoms with Gasteiger partial charge in [-0.25, -0.2) is 0 Å². The number of amides is 1. The van der Waals surface area contributed by atoms with Gasteiger partial charge in [0.2, 0.25) is 5.91 Å². The van der Waals surface area contributed by atoms with E-state index in [1.54, 1.807) is 0 Å². The first-order chi connectivity index (χ1) is 9.51. The molecule has 1 aliphatic heterocycles. The lowest BCUT2D eigenvalue weighted by molar-refractivity contribution is -0.128. The molecule has 0 saturated carbocycles. The van der Waals surface area contributed by atoms with E-state index in [-0.39, 0.29) is 5.91 Å². The SMILES string of the molecule is CCCC1CC(=O)N(Cc2ccc(C(N)=S)cc2C)C1. The number of hydrogen-bond acceptors (Lipinski definition) is 2. The molecule has 0 spiro atoms. The topological polar surface area (TPSA) is 46.3 Å². The Morgan fingerprint density at radius 1 is 1.50 bits per heavy atom. The Hall–Kier alpha value is -1.42. The van der Waals surface area contributed by atoms with E-state index in [1.807, 2.05) is 30.0 Å². The van der Waals surface area contributed by atoms with Gasteiger partial charge in [0.15, 0.2) is 0 Å². The Morgan fingerprint density at radius 2 is 2.25 bits per heavy atom. The first-order valence-electron chi connectivity index (χ1n) is 7.18.